The third-order valence-corrected chi connectivity index (χ3v) is 5.27. The number of rotatable bonds is 7. The van der Waals surface area contributed by atoms with Crippen molar-refractivity contribution in [2.24, 2.45) is 4.99 Å². The summed E-state index contributed by atoms with van der Waals surface area (Å²) in [6.45, 7) is 6.00. The third-order valence-electron chi connectivity index (χ3n) is 5.07. The van der Waals surface area contributed by atoms with Gasteiger partial charge in [-0.1, -0.05) is 91.0 Å². The molecule has 0 saturated carbocycles. The highest BCUT2D eigenvalue weighted by molar-refractivity contribution is 7.80. The van der Waals surface area contributed by atoms with Crippen molar-refractivity contribution >= 4 is 23.7 Å². The number of benzene rings is 3. The van der Waals surface area contributed by atoms with Gasteiger partial charge in [-0.05, 0) is 42.8 Å². The second kappa shape index (κ2) is 9.99. The molecular formula is C25H27N3S. The molecule has 0 fully saturated rings. The number of thiocarbonyl (C=S) groups is 1. The zero-order valence-electron chi connectivity index (χ0n) is 17.0. The van der Waals surface area contributed by atoms with Crippen LogP contribution in [0.3, 0.4) is 0 Å². The van der Waals surface area contributed by atoms with E-state index in [2.05, 4.69) is 102 Å². The lowest BCUT2D eigenvalue weighted by Gasteiger charge is -2.37. The quantitative estimate of drug-likeness (QED) is 0.254. The van der Waals surface area contributed by atoms with Gasteiger partial charge < -0.3 is 10.2 Å². The van der Waals surface area contributed by atoms with Crippen molar-refractivity contribution in [1.29, 1.82) is 0 Å². The molecule has 0 aliphatic carbocycles. The minimum atomic E-state index is -0.637. The topological polar surface area (TPSA) is 27.6 Å². The SMILES string of the molecule is CCN(/C=N/C(=S)NC(c1ccccc1)(c1ccccc1)c1ccccc1)CC. The molecule has 3 rings (SSSR count). The molecule has 3 aromatic carbocycles. The lowest BCUT2D eigenvalue weighted by atomic mass is 9.77. The van der Waals surface area contributed by atoms with Crippen molar-refractivity contribution < 1.29 is 0 Å². The van der Waals surface area contributed by atoms with Crippen molar-refractivity contribution in [3.8, 4) is 0 Å². The van der Waals surface area contributed by atoms with Crippen LogP contribution in [0.1, 0.15) is 30.5 Å². The molecule has 0 atom stereocenters. The van der Waals surface area contributed by atoms with Crippen LogP contribution in [-0.4, -0.2) is 29.4 Å². The fourth-order valence-electron chi connectivity index (χ4n) is 3.49. The molecule has 0 heterocycles. The predicted octanol–water partition coefficient (Wildman–Crippen LogP) is 5.22. The molecule has 0 aliphatic heterocycles. The molecular weight excluding hydrogens is 374 g/mol. The fraction of sp³-hybridized carbons (Fsp3) is 0.200. The van der Waals surface area contributed by atoms with Gasteiger partial charge in [-0.2, -0.15) is 0 Å². The Kier molecular flexibility index (Phi) is 7.14. The number of nitrogens with one attached hydrogen (secondary N) is 1. The summed E-state index contributed by atoms with van der Waals surface area (Å²) < 4.78 is 0. The van der Waals surface area contributed by atoms with Gasteiger partial charge in [0.2, 0.25) is 0 Å². The van der Waals surface area contributed by atoms with Crippen LogP contribution in [0.25, 0.3) is 0 Å². The van der Waals surface area contributed by atoms with E-state index in [0.717, 1.165) is 29.8 Å². The van der Waals surface area contributed by atoms with Gasteiger partial charge in [-0.3, -0.25) is 0 Å². The minimum Gasteiger partial charge on any atom is -0.363 e. The van der Waals surface area contributed by atoms with Crippen LogP contribution in [0.4, 0.5) is 0 Å². The largest absolute Gasteiger partial charge is 0.363 e. The van der Waals surface area contributed by atoms with Crippen LogP contribution >= 0.6 is 12.2 Å². The van der Waals surface area contributed by atoms with E-state index in [-0.39, 0.29) is 0 Å². The van der Waals surface area contributed by atoms with Crippen molar-refractivity contribution in [3.05, 3.63) is 108 Å². The second-order valence-corrected chi connectivity index (χ2v) is 7.13. The first-order valence-electron chi connectivity index (χ1n) is 9.97. The second-order valence-electron chi connectivity index (χ2n) is 6.74. The molecule has 0 amide bonds. The summed E-state index contributed by atoms with van der Waals surface area (Å²) in [6, 6.07) is 31.2. The molecule has 0 bridgehead atoms. The average Bonchev–Trinajstić information content (AvgIpc) is 2.80. The summed E-state index contributed by atoms with van der Waals surface area (Å²) in [5.74, 6) is 0. The van der Waals surface area contributed by atoms with Crippen LogP contribution in [0.2, 0.25) is 0 Å². The normalized spacial score (nSPS) is 11.4. The van der Waals surface area contributed by atoms with Crippen molar-refractivity contribution in [1.82, 2.24) is 10.2 Å². The van der Waals surface area contributed by atoms with E-state index < -0.39 is 5.54 Å². The standard InChI is InChI=1S/C25H27N3S/c1-3-28(4-2)20-26-24(29)27-25(21-14-8-5-9-15-21,22-16-10-6-11-17-22)23-18-12-7-13-19-23/h5-20H,3-4H2,1-2H3,(H,27,29)/b26-20+. The molecule has 29 heavy (non-hydrogen) atoms. The monoisotopic (exact) mass is 401 g/mol. The maximum atomic E-state index is 5.68. The first-order valence-corrected chi connectivity index (χ1v) is 10.4. The first-order chi connectivity index (χ1) is 14.2. The zero-order valence-corrected chi connectivity index (χ0v) is 17.8. The highest BCUT2D eigenvalue weighted by Crippen LogP contribution is 2.36. The Morgan fingerprint density at radius 3 is 1.52 bits per heavy atom. The summed E-state index contributed by atoms with van der Waals surface area (Å²) in [4.78, 5) is 6.66. The Morgan fingerprint density at radius 2 is 1.17 bits per heavy atom. The van der Waals surface area contributed by atoms with Crippen LogP contribution in [0, 0.1) is 0 Å². The number of hydrogen-bond acceptors (Lipinski definition) is 1. The van der Waals surface area contributed by atoms with E-state index in [1.54, 1.807) is 0 Å². The maximum Gasteiger partial charge on any atom is 0.195 e. The van der Waals surface area contributed by atoms with Gasteiger partial charge in [-0.25, -0.2) is 4.99 Å². The van der Waals surface area contributed by atoms with Crippen molar-refractivity contribution in [2.45, 2.75) is 19.4 Å². The number of nitrogens with zero attached hydrogens (tertiary/aromatic N) is 2. The van der Waals surface area contributed by atoms with Gasteiger partial charge >= 0.3 is 0 Å². The summed E-state index contributed by atoms with van der Waals surface area (Å²) in [5.41, 5.74) is 2.69. The first kappa shape index (κ1) is 20.7. The molecule has 4 heteroatoms. The van der Waals surface area contributed by atoms with Gasteiger partial charge in [0.05, 0.1) is 6.34 Å². The molecule has 1 N–H and O–H groups in total. The van der Waals surface area contributed by atoms with Crippen molar-refractivity contribution in [3.63, 3.8) is 0 Å². The fourth-order valence-corrected chi connectivity index (χ4v) is 3.69. The summed E-state index contributed by atoms with van der Waals surface area (Å²) in [6.07, 6.45) is 1.82. The van der Waals surface area contributed by atoms with E-state index in [1.165, 1.54) is 0 Å². The van der Waals surface area contributed by atoms with E-state index in [9.17, 15) is 0 Å². The molecule has 3 nitrogen and oxygen atoms in total. The maximum absolute atomic E-state index is 5.68. The Hall–Kier alpha value is -2.98. The molecule has 148 valence electrons. The van der Waals surface area contributed by atoms with Gasteiger partial charge in [0.15, 0.2) is 5.11 Å². The highest BCUT2D eigenvalue weighted by Gasteiger charge is 2.36. The Morgan fingerprint density at radius 1 is 0.793 bits per heavy atom. The predicted molar refractivity (Wildman–Crippen MR) is 126 cm³/mol. The van der Waals surface area contributed by atoms with Crippen LogP contribution in [-0.2, 0) is 5.54 Å². The third kappa shape index (κ3) is 4.72. The minimum absolute atomic E-state index is 0.452. The van der Waals surface area contributed by atoms with Crippen LogP contribution in [0.5, 0.6) is 0 Å². The van der Waals surface area contributed by atoms with Crippen molar-refractivity contribution in [2.75, 3.05) is 13.1 Å². The molecule has 0 saturated heterocycles. The number of hydrogen-bond donors (Lipinski definition) is 1. The molecule has 0 spiro atoms. The lowest BCUT2D eigenvalue weighted by Crippen LogP contribution is -2.47. The Bertz CT molecular complexity index is 823. The zero-order chi connectivity index (χ0) is 20.5. The highest BCUT2D eigenvalue weighted by atomic mass is 32.1. The molecule has 0 unspecified atom stereocenters. The van der Waals surface area contributed by atoms with E-state index in [0.29, 0.717) is 5.11 Å². The van der Waals surface area contributed by atoms with E-state index in [4.69, 9.17) is 12.2 Å². The average molecular weight is 402 g/mol. The van der Waals surface area contributed by atoms with Gasteiger partial charge in [0.25, 0.3) is 0 Å². The van der Waals surface area contributed by atoms with Crippen LogP contribution < -0.4 is 5.32 Å². The molecule has 3 aromatic rings. The molecule has 0 aromatic heterocycles. The molecule has 0 aliphatic rings. The number of aliphatic imine (C=N–C) groups is 1. The summed E-state index contributed by atoms with van der Waals surface area (Å²) in [5, 5.41) is 4.04. The smallest absolute Gasteiger partial charge is 0.195 e. The lowest BCUT2D eigenvalue weighted by molar-refractivity contribution is 0.479. The Balaban J connectivity index is 2.14. The Labute approximate surface area is 179 Å². The molecule has 0 radical (unpaired) electrons. The van der Waals surface area contributed by atoms with Crippen LogP contribution in [0.15, 0.2) is 96.0 Å². The summed E-state index contributed by atoms with van der Waals surface area (Å²) in [7, 11) is 0. The van der Waals surface area contributed by atoms with E-state index >= 15 is 0 Å². The van der Waals surface area contributed by atoms with Gasteiger partial charge in [0, 0.05) is 13.1 Å². The van der Waals surface area contributed by atoms with E-state index in [1.807, 2.05) is 24.5 Å². The van der Waals surface area contributed by atoms with Gasteiger partial charge in [-0.15, -0.1) is 0 Å². The van der Waals surface area contributed by atoms with Gasteiger partial charge in [0.1, 0.15) is 5.54 Å². The summed E-state index contributed by atoms with van der Waals surface area (Å²) >= 11 is 5.68.